The van der Waals surface area contributed by atoms with E-state index >= 15 is 0 Å². The smallest absolute Gasteiger partial charge is 0.267 e. The molecule has 0 radical (unpaired) electrons. The van der Waals surface area contributed by atoms with Crippen molar-refractivity contribution in [2.75, 3.05) is 10.6 Å². The molecular weight excluding hydrogens is 413 g/mol. The van der Waals surface area contributed by atoms with Crippen LogP contribution in [-0.4, -0.2) is 5.91 Å². The van der Waals surface area contributed by atoms with Crippen LogP contribution in [0.15, 0.2) is 52.6 Å². The van der Waals surface area contributed by atoms with Crippen molar-refractivity contribution in [1.29, 1.82) is 5.26 Å². The molecule has 0 saturated carbocycles. The van der Waals surface area contributed by atoms with Crippen molar-refractivity contribution in [2.24, 2.45) is 0 Å². The molecule has 0 heterocycles. The standard InChI is InChI=1S/C17H12BrCl2N3O/c1-10-6-12(2-4-14(10)18)22-9-11(8-21)17(24)23-13-3-5-15(19)16(20)7-13/h2-7,9,22H,1H3,(H,23,24)/b11-9-. The van der Waals surface area contributed by atoms with Crippen molar-refractivity contribution >= 4 is 56.4 Å². The third kappa shape index (κ3) is 4.75. The molecule has 2 aromatic carbocycles. The monoisotopic (exact) mass is 423 g/mol. The molecular formula is C17H12BrCl2N3O. The normalized spacial score (nSPS) is 10.9. The maximum Gasteiger partial charge on any atom is 0.267 e. The fourth-order valence-corrected chi connectivity index (χ4v) is 2.36. The minimum absolute atomic E-state index is 0.0679. The second kappa shape index (κ2) is 8.20. The first-order chi connectivity index (χ1) is 11.4. The van der Waals surface area contributed by atoms with Gasteiger partial charge in [0.2, 0.25) is 0 Å². The molecule has 0 fully saturated rings. The topological polar surface area (TPSA) is 64.9 Å². The molecule has 1 amide bonds. The molecule has 0 aliphatic heterocycles. The van der Waals surface area contributed by atoms with E-state index in [1.54, 1.807) is 12.1 Å². The van der Waals surface area contributed by atoms with Crippen LogP contribution in [0.5, 0.6) is 0 Å². The third-order valence-electron chi connectivity index (χ3n) is 3.08. The van der Waals surface area contributed by atoms with Crippen LogP contribution in [0.25, 0.3) is 0 Å². The van der Waals surface area contributed by atoms with Gasteiger partial charge in [-0.3, -0.25) is 4.79 Å². The molecule has 4 nitrogen and oxygen atoms in total. The van der Waals surface area contributed by atoms with E-state index in [4.69, 9.17) is 23.2 Å². The van der Waals surface area contributed by atoms with Crippen LogP contribution in [0.3, 0.4) is 0 Å². The maximum atomic E-state index is 12.2. The lowest BCUT2D eigenvalue weighted by Crippen LogP contribution is -2.14. The van der Waals surface area contributed by atoms with E-state index in [9.17, 15) is 10.1 Å². The molecule has 0 spiro atoms. The molecule has 2 rings (SSSR count). The Bertz CT molecular complexity index is 859. The van der Waals surface area contributed by atoms with Gasteiger partial charge in [0.05, 0.1) is 10.0 Å². The number of hydrogen-bond donors (Lipinski definition) is 2. The van der Waals surface area contributed by atoms with Gasteiger partial charge in [-0.05, 0) is 48.9 Å². The number of amides is 1. The zero-order valence-electron chi connectivity index (χ0n) is 12.5. The first kappa shape index (κ1) is 18.3. The lowest BCUT2D eigenvalue weighted by atomic mass is 10.2. The highest BCUT2D eigenvalue weighted by Crippen LogP contribution is 2.25. The van der Waals surface area contributed by atoms with Gasteiger partial charge in [-0.15, -0.1) is 0 Å². The maximum absolute atomic E-state index is 12.2. The fourth-order valence-electron chi connectivity index (χ4n) is 1.81. The molecule has 0 aromatic heterocycles. The highest BCUT2D eigenvalue weighted by molar-refractivity contribution is 9.10. The zero-order chi connectivity index (χ0) is 17.7. The van der Waals surface area contributed by atoms with E-state index in [2.05, 4.69) is 26.6 Å². The molecule has 0 saturated heterocycles. The van der Waals surface area contributed by atoms with Gasteiger partial charge >= 0.3 is 0 Å². The SMILES string of the molecule is Cc1cc(N/C=C(/C#N)C(=O)Nc2ccc(Cl)c(Cl)c2)ccc1Br. The predicted octanol–water partition coefficient (Wildman–Crippen LogP) is 5.52. The minimum Gasteiger partial charge on any atom is -0.360 e. The van der Waals surface area contributed by atoms with Crippen LogP contribution >= 0.6 is 39.1 Å². The van der Waals surface area contributed by atoms with Crippen LogP contribution in [0.1, 0.15) is 5.56 Å². The minimum atomic E-state index is -0.544. The Morgan fingerprint density at radius 3 is 2.50 bits per heavy atom. The molecule has 122 valence electrons. The Hall–Kier alpha value is -2.00. The number of nitriles is 1. The first-order valence-electron chi connectivity index (χ1n) is 6.80. The number of nitrogens with zero attached hydrogens (tertiary/aromatic N) is 1. The van der Waals surface area contributed by atoms with Gasteiger partial charge in [0.25, 0.3) is 5.91 Å². The number of carbonyl (C=O) groups is 1. The molecule has 7 heteroatoms. The summed E-state index contributed by atoms with van der Waals surface area (Å²) < 4.78 is 0.981. The van der Waals surface area contributed by atoms with E-state index < -0.39 is 5.91 Å². The van der Waals surface area contributed by atoms with Crippen LogP contribution in [0.2, 0.25) is 10.0 Å². The molecule has 0 unspecified atom stereocenters. The lowest BCUT2D eigenvalue weighted by Gasteiger charge is -2.07. The van der Waals surface area contributed by atoms with Crippen molar-refractivity contribution in [3.8, 4) is 6.07 Å². The first-order valence-corrected chi connectivity index (χ1v) is 8.35. The summed E-state index contributed by atoms with van der Waals surface area (Å²) >= 11 is 15.1. The number of benzene rings is 2. The summed E-state index contributed by atoms with van der Waals surface area (Å²) in [6, 6.07) is 12.2. The van der Waals surface area contributed by atoms with Crippen LogP contribution in [0, 0.1) is 18.3 Å². The van der Waals surface area contributed by atoms with Crippen molar-refractivity contribution in [2.45, 2.75) is 6.92 Å². The number of aryl methyl sites for hydroxylation is 1. The average molecular weight is 425 g/mol. The number of anilines is 2. The number of hydrogen-bond acceptors (Lipinski definition) is 3. The largest absolute Gasteiger partial charge is 0.360 e. The molecule has 2 aromatic rings. The van der Waals surface area contributed by atoms with Gasteiger partial charge in [0.1, 0.15) is 11.6 Å². The van der Waals surface area contributed by atoms with E-state index in [1.165, 1.54) is 12.3 Å². The highest BCUT2D eigenvalue weighted by atomic mass is 79.9. The van der Waals surface area contributed by atoms with Gasteiger partial charge in [-0.25, -0.2) is 0 Å². The molecule has 24 heavy (non-hydrogen) atoms. The van der Waals surface area contributed by atoms with E-state index in [1.807, 2.05) is 31.2 Å². The molecule has 0 aliphatic carbocycles. The summed E-state index contributed by atoms with van der Waals surface area (Å²) in [6.45, 7) is 1.95. The number of halogens is 3. The van der Waals surface area contributed by atoms with E-state index in [-0.39, 0.29) is 5.57 Å². The Morgan fingerprint density at radius 2 is 1.88 bits per heavy atom. The number of carbonyl (C=O) groups excluding carboxylic acids is 1. The number of nitrogens with one attached hydrogen (secondary N) is 2. The van der Waals surface area contributed by atoms with Crippen molar-refractivity contribution in [1.82, 2.24) is 0 Å². The van der Waals surface area contributed by atoms with Crippen LogP contribution in [-0.2, 0) is 4.79 Å². The average Bonchev–Trinajstić information content (AvgIpc) is 2.55. The summed E-state index contributed by atoms with van der Waals surface area (Å²) in [7, 11) is 0. The number of rotatable bonds is 4. The van der Waals surface area contributed by atoms with Gasteiger partial charge in [-0.2, -0.15) is 5.26 Å². The Morgan fingerprint density at radius 1 is 1.17 bits per heavy atom. The van der Waals surface area contributed by atoms with Crippen LogP contribution in [0.4, 0.5) is 11.4 Å². The Balaban J connectivity index is 2.11. The van der Waals surface area contributed by atoms with Gasteiger partial charge in [0.15, 0.2) is 0 Å². The van der Waals surface area contributed by atoms with Gasteiger partial charge < -0.3 is 10.6 Å². The van der Waals surface area contributed by atoms with E-state index in [0.29, 0.717) is 15.7 Å². The summed E-state index contributed by atoms with van der Waals surface area (Å²) in [5.74, 6) is -0.544. The lowest BCUT2D eigenvalue weighted by molar-refractivity contribution is -0.112. The van der Waals surface area contributed by atoms with Gasteiger partial charge in [-0.1, -0.05) is 39.1 Å². The molecule has 0 atom stereocenters. The quantitative estimate of drug-likeness (QED) is 0.501. The molecule has 2 N–H and O–H groups in total. The van der Waals surface area contributed by atoms with Crippen molar-refractivity contribution in [3.63, 3.8) is 0 Å². The van der Waals surface area contributed by atoms with Crippen molar-refractivity contribution < 1.29 is 4.79 Å². The Kier molecular flexibility index (Phi) is 6.27. The zero-order valence-corrected chi connectivity index (χ0v) is 15.6. The summed E-state index contributed by atoms with van der Waals surface area (Å²) in [5.41, 5.74) is 2.19. The second-order valence-electron chi connectivity index (χ2n) is 4.86. The van der Waals surface area contributed by atoms with Crippen molar-refractivity contribution in [3.05, 3.63) is 68.3 Å². The summed E-state index contributed by atoms with van der Waals surface area (Å²) in [5, 5.41) is 15.4. The summed E-state index contributed by atoms with van der Waals surface area (Å²) in [6.07, 6.45) is 1.36. The predicted molar refractivity (Wildman–Crippen MR) is 101 cm³/mol. The summed E-state index contributed by atoms with van der Waals surface area (Å²) in [4.78, 5) is 12.2. The fraction of sp³-hybridized carbons (Fsp3) is 0.0588. The van der Waals surface area contributed by atoms with E-state index in [0.717, 1.165) is 15.7 Å². The highest BCUT2D eigenvalue weighted by Gasteiger charge is 2.10. The Labute approximate surface area is 158 Å². The second-order valence-corrected chi connectivity index (χ2v) is 6.53. The third-order valence-corrected chi connectivity index (χ3v) is 4.71. The van der Waals surface area contributed by atoms with Gasteiger partial charge in [0, 0.05) is 22.0 Å². The molecule has 0 bridgehead atoms. The van der Waals surface area contributed by atoms with Crippen LogP contribution < -0.4 is 10.6 Å². The molecule has 0 aliphatic rings.